The maximum absolute atomic E-state index is 12.5. The number of nitrogens with one attached hydrogen (secondary N) is 2. The van der Waals surface area contributed by atoms with Crippen molar-refractivity contribution in [3.8, 4) is 0 Å². The first-order valence-corrected chi connectivity index (χ1v) is 10.7. The van der Waals surface area contributed by atoms with Crippen molar-refractivity contribution < 1.29 is 19.1 Å². The molecule has 0 spiro atoms. The van der Waals surface area contributed by atoms with E-state index in [1.807, 2.05) is 48.5 Å². The third-order valence-corrected chi connectivity index (χ3v) is 5.67. The summed E-state index contributed by atoms with van der Waals surface area (Å²) >= 11 is 6.06. The fourth-order valence-corrected chi connectivity index (χ4v) is 4.07. The zero-order valence-corrected chi connectivity index (χ0v) is 18.9. The van der Waals surface area contributed by atoms with Crippen molar-refractivity contribution in [2.24, 2.45) is 0 Å². The first-order valence-electron chi connectivity index (χ1n) is 10.4. The van der Waals surface area contributed by atoms with Gasteiger partial charge < -0.3 is 20.1 Å². The number of amides is 2. The molecule has 2 amide bonds. The summed E-state index contributed by atoms with van der Waals surface area (Å²) in [6.45, 7) is 3.92. The van der Waals surface area contributed by atoms with Crippen molar-refractivity contribution >= 4 is 29.1 Å². The smallest absolute Gasteiger partial charge is 0.222 e. The van der Waals surface area contributed by atoms with Gasteiger partial charge in [-0.1, -0.05) is 35.9 Å². The minimum absolute atomic E-state index is 0.0409. The van der Waals surface area contributed by atoms with Crippen molar-refractivity contribution in [3.05, 3.63) is 64.7 Å². The Morgan fingerprint density at radius 2 is 1.61 bits per heavy atom. The molecule has 0 aromatic heterocycles. The van der Waals surface area contributed by atoms with Gasteiger partial charge in [0.25, 0.3) is 0 Å². The number of halogens is 1. The molecule has 0 radical (unpaired) electrons. The summed E-state index contributed by atoms with van der Waals surface area (Å²) in [5.74, 6) is -0.156. The van der Waals surface area contributed by atoms with Crippen molar-refractivity contribution in [2.75, 3.05) is 19.0 Å². The van der Waals surface area contributed by atoms with Crippen LogP contribution in [-0.2, 0) is 19.1 Å². The van der Waals surface area contributed by atoms with E-state index in [1.54, 1.807) is 7.11 Å². The largest absolute Gasteiger partial charge is 0.384 e. The van der Waals surface area contributed by atoms with Gasteiger partial charge in [0, 0.05) is 49.5 Å². The predicted molar refractivity (Wildman–Crippen MR) is 121 cm³/mol. The maximum Gasteiger partial charge on any atom is 0.222 e. The molecule has 7 heteroatoms. The van der Waals surface area contributed by atoms with E-state index < -0.39 is 5.54 Å². The third-order valence-electron chi connectivity index (χ3n) is 5.42. The second-order valence-corrected chi connectivity index (χ2v) is 8.66. The Morgan fingerprint density at radius 1 is 1.06 bits per heavy atom. The third kappa shape index (κ3) is 6.53. The molecule has 1 aliphatic heterocycles. The monoisotopic (exact) mass is 444 g/mol. The Balaban J connectivity index is 1.84. The lowest BCUT2D eigenvalue weighted by Gasteiger charge is -2.43. The van der Waals surface area contributed by atoms with Gasteiger partial charge in [0.05, 0.1) is 18.8 Å². The number of hydrogen-bond donors (Lipinski definition) is 2. The summed E-state index contributed by atoms with van der Waals surface area (Å²) in [6, 6.07) is 15.2. The molecule has 1 fully saturated rings. The molecule has 3 rings (SSSR count). The van der Waals surface area contributed by atoms with E-state index in [0.29, 0.717) is 30.9 Å². The predicted octanol–water partition coefficient (Wildman–Crippen LogP) is 4.80. The van der Waals surface area contributed by atoms with Gasteiger partial charge in [-0.25, -0.2) is 0 Å². The molecule has 1 heterocycles. The summed E-state index contributed by atoms with van der Waals surface area (Å²) in [7, 11) is 1.58. The van der Waals surface area contributed by atoms with E-state index in [2.05, 4.69) is 17.6 Å². The molecule has 2 aromatic carbocycles. The number of ether oxygens (including phenoxy) is 2. The maximum atomic E-state index is 12.5. The zero-order valence-electron chi connectivity index (χ0n) is 18.1. The molecular weight excluding hydrogens is 416 g/mol. The van der Waals surface area contributed by atoms with E-state index in [4.69, 9.17) is 21.1 Å². The number of hydrogen-bond acceptors (Lipinski definition) is 4. The Hall–Kier alpha value is -2.41. The molecule has 0 saturated carbocycles. The van der Waals surface area contributed by atoms with Crippen LogP contribution in [0.2, 0.25) is 5.02 Å². The molecule has 166 valence electrons. The van der Waals surface area contributed by atoms with Crippen LogP contribution in [0.5, 0.6) is 0 Å². The van der Waals surface area contributed by atoms with Crippen molar-refractivity contribution in [1.82, 2.24) is 5.32 Å². The fourth-order valence-electron chi connectivity index (χ4n) is 3.95. The second kappa shape index (κ2) is 10.3. The van der Waals surface area contributed by atoms with Crippen LogP contribution in [0.3, 0.4) is 0 Å². The van der Waals surface area contributed by atoms with E-state index in [9.17, 15) is 9.59 Å². The van der Waals surface area contributed by atoms with E-state index >= 15 is 0 Å². The highest BCUT2D eigenvalue weighted by atomic mass is 35.5. The highest BCUT2D eigenvalue weighted by Gasteiger charge is 2.40. The minimum Gasteiger partial charge on any atom is -0.384 e. The molecule has 1 aliphatic rings. The molecule has 0 unspecified atom stereocenters. The Morgan fingerprint density at radius 3 is 2.13 bits per heavy atom. The fraction of sp³-hybridized carbons (Fsp3) is 0.417. The van der Waals surface area contributed by atoms with Gasteiger partial charge >= 0.3 is 0 Å². The normalized spacial score (nSPS) is 23.2. The average molecular weight is 445 g/mol. The lowest BCUT2D eigenvalue weighted by Crippen LogP contribution is -2.51. The number of anilines is 1. The molecule has 0 aliphatic carbocycles. The second-order valence-electron chi connectivity index (χ2n) is 8.23. The summed E-state index contributed by atoms with van der Waals surface area (Å²) < 4.78 is 11.5. The highest BCUT2D eigenvalue weighted by molar-refractivity contribution is 6.30. The Labute approximate surface area is 188 Å². The zero-order chi connectivity index (χ0) is 22.4. The SMILES string of the molecule is COCCC(=O)N[C@@]1(C)C[C@@H](c2ccc(Cl)cc2)O[C@@H](c2ccc(NC(C)=O)cc2)C1. The summed E-state index contributed by atoms with van der Waals surface area (Å²) in [5, 5.41) is 6.64. The van der Waals surface area contributed by atoms with Gasteiger partial charge in [-0.3, -0.25) is 9.59 Å². The molecule has 1 saturated heterocycles. The van der Waals surface area contributed by atoms with Crippen molar-refractivity contribution in [3.63, 3.8) is 0 Å². The van der Waals surface area contributed by atoms with Crippen LogP contribution in [0.1, 0.15) is 56.4 Å². The summed E-state index contributed by atoms with van der Waals surface area (Å²) in [4.78, 5) is 23.8. The average Bonchev–Trinajstić information content (AvgIpc) is 2.72. The van der Waals surface area contributed by atoms with Crippen molar-refractivity contribution in [2.45, 2.75) is 50.9 Å². The number of carbonyl (C=O) groups excluding carboxylic acids is 2. The van der Waals surface area contributed by atoms with E-state index in [-0.39, 0.29) is 24.0 Å². The van der Waals surface area contributed by atoms with Crippen LogP contribution in [0, 0.1) is 0 Å². The number of rotatable bonds is 7. The molecule has 31 heavy (non-hydrogen) atoms. The molecule has 2 aromatic rings. The van der Waals surface area contributed by atoms with Crippen LogP contribution < -0.4 is 10.6 Å². The van der Waals surface area contributed by atoms with Gasteiger partial charge in [-0.05, 0) is 42.3 Å². The van der Waals surface area contributed by atoms with Gasteiger partial charge in [-0.15, -0.1) is 0 Å². The Kier molecular flexibility index (Phi) is 7.70. The highest BCUT2D eigenvalue weighted by Crippen LogP contribution is 2.44. The van der Waals surface area contributed by atoms with Crippen molar-refractivity contribution in [1.29, 1.82) is 0 Å². The van der Waals surface area contributed by atoms with Gasteiger partial charge in [0.2, 0.25) is 11.8 Å². The van der Waals surface area contributed by atoms with Gasteiger partial charge in [0.1, 0.15) is 0 Å². The van der Waals surface area contributed by atoms with E-state index in [0.717, 1.165) is 16.8 Å². The molecular formula is C24H29ClN2O4. The minimum atomic E-state index is -0.450. The van der Waals surface area contributed by atoms with Crippen LogP contribution >= 0.6 is 11.6 Å². The van der Waals surface area contributed by atoms with Crippen LogP contribution in [0.4, 0.5) is 5.69 Å². The standard InChI is InChI=1S/C24H29ClN2O4/c1-16(28)26-20-10-6-18(7-11-20)22-15-24(2,27-23(29)12-13-30-3)14-21(31-22)17-4-8-19(25)9-5-17/h4-11,21-22H,12-15H2,1-3H3,(H,26,28)(H,27,29)/t21-,22+,24-/m0/s1. The van der Waals surface area contributed by atoms with Gasteiger partial charge in [0.15, 0.2) is 0 Å². The molecule has 6 nitrogen and oxygen atoms in total. The van der Waals surface area contributed by atoms with Gasteiger partial charge in [-0.2, -0.15) is 0 Å². The summed E-state index contributed by atoms with van der Waals surface area (Å²) in [5.41, 5.74) is 2.29. The topological polar surface area (TPSA) is 76.7 Å². The van der Waals surface area contributed by atoms with Crippen LogP contribution in [-0.4, -0.2) is 31.1 Å². The van der Waals surface area contributed by atoms with Crippen LogP contribution in [0.25, 0.3) is 0 Å². The number of carbonyl (C=O) groups is 2. The molecule has 3 atom stereocenters. The lowest BCUT2D eigenvalue weighted by atomic mass is 9.81. The molecule has 0 bridgehead atoms. The quantitative estimate of drug-likeness (QED) is 0.642. The number of benzene rings is 2. The number of methoxy groups -OCH3 is 1. The Bertz CT molecular complexity index is 901. The van der Waals surface area contributed by atoms with Crippen LogP contribution in [0.15, 0.2) is 48.5 Å². The first kappa shape index (κ1) is 23.3. The summed E-state index contributed by atoms with van der Waals surface area (Å²) in [6.07, 6.45) is 1.19. The first-order chi connectivity index (χ1) is 14.8. The lowest BCUT2D eigenvalue weighted by molar-refractivity contribution is -0.129. The molecule has 2 N–H and O–H groups in total. The van der Waals surface area contributed by atoms with E-state index in [1.165, 1.54) is 6.92 Å².